The molecule has 4 heteroatoms. The van der Waals surface area contributed by atoms with Gasteiger partial charge in [0, 0.05) is 19.5 Å². The molecule has 1 rings (SSSR count). The molecule has 4 nitrogen and oxygen atoms in total. The predicted octanol–water partition coefficient (Wildman–Crippen LogP) is 2.52. The molecule has 0 amide bonds. The first-order chi connectivity index (χ1) is 9.15. The van der Waals surface area contributed by atoms with Crippen molar-refractivity contribution in [2.24, 2.45) is 0 Å². The summed E-state index contributed by atoms with van der Waals surface area (Å²) in [6.07, 6.45) is 0.921. The summed E-state index contributed by atoms with van der Waals surface area (Å²) in [5, 5.41) is 3.37. The Morgan fingerprint density at radius 3 is 2.47 bits per heavy atom. The lowest BCUT2D eigenvalue weighted by molar-refractivity contribution is -0.141. The molecule has 0 aromatic heterocycles. The summed E-state index contributed by atoms with van der Waals surface area (Å²) >= 11 is 0. The van der Waals surface area contributed by atoms with Crippen LogP contribution < -0.4 is 10.1 Å². The highest BCUT2D eigenvalue weighted by Crippen LogP contribution is 2.12. The molecule has 106 valence electrons. The van der Waals surface area contributed by atoms with E-state index in [1.165, 1.54) is 12.5 Å². The van der Waals surface area contributed by atoms with Crippen LogP contribution in [0.5, 0.6) is 5.75 Å². The third kappa shape index (κ3) is 6.25. The molecule has 0 spiro atoms. The lowest BCUT2D eigenvalue weighted by Gasteiger charge is -2.16. The fraction of sp³-hybridized carbons (Fsp3) is 0.533. The number of rotatable bonds is 8. The topological polar surface area (TPSA) is 47.6 Å². The largest absolute Gasteiger partial charge is 0.494 e. The zero-order valence-electron chi connectivity index (χ0n) is 11.9. The smallest absolute Gasteiger partial charge is 0.302 e. The van der Waals surface area contributed by atoms with Crippen molar-refractivity contribution in [1.82, 2.24) is 5.32 Å². The summed E-state index contributed by atoms with van der Waals surface area (Å²) in [4.78, 5) is 10.8. The minimum Gasteiger partial charge on any atom is -0.494 e. The molecular weight excluding hydrogens is 242 g/mol. The van der Waals surface area contributed by atoms with E-state index < -0.39 is 0 Å². The summed E-state index contributed by atoms with van der Waals surface area (Å²) in [5.41, 5.74) is 1.18. The van der Waals surface area contributed by atoms with Gasteiger partial charge in [-0.25, -0.2) is 0 Å². The molecule has 0 aliphatic carbocycles. The maximum atomic E-state index is 10.8. The average Bonchev–Trinajstić information content (AvgIpc) is 2.41. The number of benzene rings is 1. The molecule has 1 aromatic carbocycles. The summed E-state index contributed by atoms with van der Waals surface area (Å²) < 4.78 is 10.4. The number of carbonyl (C=O) groups excluding carboxylic acids is 1. The zero-order valence-corrected chi connectivity index (χ0v) is 11.9. The van der Waals surface area contributed by atoms with Gasteiger partial charge in [-0.15, -0.1) is 0 Å². The highest BCUT2D eigenvalue weighted by atomic mass is 16.5. The van der Waals surface area contributed by atoms with E-state index in [1.807, 2.05) is 31.2 Å². The van der Waals surface area contributed by atoms with Gasteiger partial charge in [0.25, 0.3) is 0 Å². The minimum absolute atomic E-state index is 0.190. The van der Waals surface area contributed by atoms with Gasteiger partial charge in [0.15, 0.2) is 0 Å². The van der Waals surface area contributed by atoms with Crippen LogP contribution in [0.4, 0.5) is 0 Å². The number of esters is 1. The molecule has 0 saturated heterocycles. The van der Waals surface area contributed by atoms with Gasteiger partial charge in [-0.1, -0.05) is 19.1 Å². The van der Waals surface area contributed by atoms with Gasteiger partial charge in [-0.3, -0.25) is 4.79 Å². The SMILES string of the molecule is CCOc1ccc(CNC(CC)COC(C)=O)cc1. The fourth-order valence-corrected chi connectivity index (χ4v) is 1.67. The summed E-state index contributed by atoms with van der Waals surface area (Å²) in [6.45, 7) is 7.32. The van der Waals surface area contributed by atoms with E-state index in [2.05, 4.69) is 12.2 Å². The van der Waals surface area contributed by atoms with Gasteiger partial charge in [-0.05, 0) is 31.0 Å². The third-order valence-corrected chi connectivity index (χ3v) is 2.81. The molecule has 1 atom stereocenters. The van der Waals surface area contributed by atoms with Crippen molar-refractivity contribution in [2.45, 2.75) is 39.8 Å². The second kappa shape index (κ2) is 8.53. The Balaban J connectivity index is 2.39. The number of ether oxygens (including phenoxy) is 2. The van der Waals surface area contributed by atoms with E-state index in [0.717, 1.165) is 18.7 Å². The molecule has 1 aromatic rings. The number of hydrogen-bond acceptors (Lipinski definition) is 4. The predicted molar refractivity (Wildman–Crippen MR) is 75.2 cm³/mol. The minimum atomic E-state index is -0.235. The average molecular weight is 265 g/mol. The van der Waals surface area contributed by atoms with E-state index in [-0.39, 0.29) is 12.0 Å². The first-order valence-electron chi connectivity index (χ1n) is 6.74. The lowest BCUT2D eigenvalue weighted by Crippen LogP contribution is -2.33. The van der Waals surface area contributed by atoms with E-state index in [9.17, 15) is 4.79 Å². The van der Waals surface area contributed by atoms with Gasteiger partial charge in [0.1, 0.15) is 12.4 Å². The van der Waals surface area contributed by atoms with Crippen molar-refractivity contribution in [2.75, 3.05) is 13.2 Å². The molecule has 1 N–H and O–H groups in total. The summed E-state index contributed by atoms with van der Waals surface area (Å²) in [5.74, 6) is 0.652. The van der Waals surface area contributed by atoms with Gasteiger partial charge in [0.2, 0.25) is 0 Å². The van der Waals surface area contributed by atoms with E-state index in [4.69, 9.17) is 9.47 Å². The Bertz CT molecular complexity index is 375. The maximum Gasteiger partial charge on any atom is 0.302 e. The molecule has 0 aliphatic heterocycles. The van der Waals surface area contributed by atoms with E-state index >= 15 is 0 Å². The van der Waals surface area contributed by atoms with Gasteiger partial charge >= 0.3 is 5.97 Å². The molecule has 0 bridgehead atoms. The normalized spacial score (nSPS) is 11.9. The van der Waals surface area contributed by atoms with Gasteiger partial charge in [-0.2, -0.15) is 0 Å². The molecule has 1 unspecified atom stereocenters. The van der Waals surface area contributed by atoms with Crippen LogP contribution in [0, 0.1) is 0 Å². The Hall–Kier alpha value is -1.55. The monoisotopic (exact) mass is 265 g/mol. The number of nitrogens with one attached hydrogen (secondary N) is 1. The van der Waals surface area contributed by atoms with Crippen molar-refractivity contribution in [3.05, 3.63) is 29.8 Å². The Morgan fingerprint density at radius 1 is 1.26 bits per heavy atom. The third-order valence-electron chi connectivity index (χ3n) is 2.81. The van der Waals surface area contributed by atoms with Crippen LogP contribution in [0.1, 0.15) is 32.8 Å². The second-order valence-corrected chi connectivity index (χ2v) is 4.37. The molecule has 0 fully saturated rings. The van der Waals surface area contributed by atoms with Crippen molar-refractivity contribution >= 4 is 5.97 Å². The molecule has 0 saturated carbocycles. The quantitative estimate of drug-likeness (QED) is 0.734. The standard InChI is InChI=1S/C15H23NO3/c1-4-14(11-19-12(3)17)16-10-13-6-8-15(9-7-13)18-5-2/h6-9,14,16H,4-5,10-11H2,1-3H3. The van der Waals surface area contributed by atoms with Crippen molar-refractivity contribution < 1.29 is 14.3 Å². The van der Waals surface area contributed by atoms with Crippen LogP contribution in [-0.2, 0) is 16.1 Å². The van der Waals surface area contributed by atoms with Crippen LogP contribution >= 0.6 is 0 Å². The van der Waals surface area contributed by atoms with Crippen LogP contribution in [0.15, 0.2) is 24.3 Å². The second-order valence-electron chi connectivity index (χ2n) is 4.37. The molecule has 0 aliphatic rings. The van der Waals surface area contributed by atoms with Crippen molar-refractivity contribution in [3.63, 3.8) is 0 Å². The van der Waals surface area contributed by atoms with Crippen LogP contribution in [0.2, 0.25) is 0 Å². The van der Waals surface area contributed by atoms with Gasteiger partial charge < -0.3 is 14.8 Å². The number of hydrogen-bond donors (Lipinski definition) is 1. The molecular formula is C15H23NO3. The Labute approximate surface area is 115 Å². The first kappa shape index (κ1) is 15.5. The Morgan fingerprint density at radius 2 is 1.95 bits per heavy atom. The van der Waals surface area contributed by atoms with Crippen molar-refractivity contribution in [3.8, 4) is 5.75 Å². The lowest BCUT2D eigenvalue weighted by atomic mass is 10.2. The molecule has 0 radical (unpaired) electrons. The summed E-state index contributed by atoms with van der Waals surface area (Å²) in [7, 11) is 0. The van der Waals surface area contributed by atoms with Crippen molar-refractivity contribution in [1.29, 1.82) is 0 Å². The van der Waals surface area contributed by atoms with E-state index in [0.29, 0.717) is 13.2 Å². The Kier molecular flexibility index (Phi) is 6.97. The van der Waals surface area contributed by atoms with Crippen LogP contribution in [0.3, 0.4) is 0 Å². The molecule has 19 heavy (non-hydrogen) atoms. The summed E-state index contributed by atoms with van der Waals surface area (Å²) in [6, 6.07) is 8.20. The van der Waals surface area contributed by atoms with E-state index in [1.54, 1.807) is 0 Å². The zero-order chi connectivity index (χ0) is 14.1. The van der Waals surface area contributed by atoms with Crippen LogP contribution in [-0.4, -0.2) is 25.2 Å². The highest BCUT2D eigenvalue weighted by Gasteiger charge is 2.07. The fourth-order valence-electron chi connectivity index (χ4n) is 1.67. The maximum absolute atomic E-state index is 10.8. The first-order valence-corrected chi connectivity index (χ1v) is 6.74. The molecule has 0 heterocycles. The van der Waals surface area contributed by atoms with Crippen LogP contribution in [0.25, 0.3) is 0 Å². The highest BCUT2D eigenvalue weighted by molar-refractivity contribution is 5.65. The van der Waals surface area contributed by atoms with Gasteiger partial charge in [0.05, 0.1) is 6.61 Å². The number of carbonyl (C=O) groups is 1.